The molecule has 0 aliphatic carbocycles. The highest BCUT2D eigenvalue weighted by molar-refractivity contribution is 7.90. The maximum Gasteiger partial charge on any atom is 0.328 e. The average molecular weight is 870 g/mol. The Morgan fingerprint density at radius 3 is 2.27 bits per heavy atom. The number of ketones is 1. The van der Waals surface area contributed by atoms with Crippen LogP contribution in [0.5, 0.6) is 0 Å². The van der Waals surface area contributed by atoms with Crippen LogP contribution in [0.1, 0.15) is 53.6 Å². The summed E-state index contributed by atoms with van der Waals surface area (Å²) < 4.78 is 58.7. The second-order valence-electron chi connectivity index (χ2n) is 15.5. The molecule has 3 aliphatic rings. The van der Waals surface area contributed by atoms with Crippen molar-refractivity contribution >= 4 is 62.2 Å². The lowest BCUT2D eigenvalue weighted by atomic mass is 9.89. The van der Waals surface area contributed by atoms with E-state index in [-0.39, 0.29) is 35.7 Å². The lowest BCUT2D eigenvalue weighted by Gasteiger charge is -2.37. The first kappa shape index (κ1) is 42.3. The van der Waals surface area contributed by atoms with Crippen molar-refractivity contribution in [3.63, 3.8) is 0 Å². The first-order valence-electron chi connectivity index (χ1n) is 20.3. The van der Waals surface area contributed by atoms with Crippen molar-refractivity contribution in [2.75, 3.05) is 80.5 Å². The number of piperidine rings is 1. The zero-order valence-electron chi connectivity index (χ0n) is 34.1. The molecule has 0 radical (unpaired) electrons. The van der Waals surface area contributed by atoms with Crippen LogP contribution in [0, 0.1) is 11.6 Å². The van der Waals surface area contributed by atoms with Gasteiger partial charge in [0.25, 0.3) is 0 Å². The molecule has 8 rings (SSSR count). The van der Waals surface area contributed by atoms with Crippen LogP contribution in [-0.2, 0) is 19.8 Å². The summed E-state index contributed by atoms with van der Waals surface area (Å²) in [5.41, 5.74) is 1.82. The number of halogens is 2. The van der Waals surface area contributed by atoms with Crippen LogP contribution in [-0.4, -0.2) is 132 Å². The second-order valence-corrected chi connectivity index (χ2v) is 17.3. The number of pyridine rings is 1. The highest BCUT2D eigenvalue weighted by Gasteiger charge is 2.30. The van der Waals surface area contributed by atoms with Crippen LogP contribution >= 0.6 is 0 Å². The van der Waals surface area contributed by atoms with Crippen molar-refractivity contribution in [3.8, 4) is 11.1 Å². The fraction of sp³-hybridized carbons (Fsp3) is 0.357. The fourth-order valence-electron chi connectivity index (χ4n) is 7.95. The van der Waals surface area contributed by atoms with Crippen LogP contribution in [0.4, 0.5) is 30.9 Å². The first-order valence-corrected chi connectivity index (χ1v) is 21.8. The van der Waals surface area contributed by atoms with Crippen molar-refractivity contribution in [2.45, 2.75) is 32.1 Å². The maximum atomic E-state index is 15.6. The maximum absolute atomic E-state index is 15.6. The summed E-state index contributed by atoms with van der Waals surface area (Å²) in [6.45, 7) is 6.13. The number of imide groups is 1. The van der Waals surface area contributed by atoms with Gasteiger partial charge in [-0.05, 0) is 67.7 Å². The van der Waals surface area contributed by atoms with E-state index < -0.39 is 44.9 Å². The van der Waals surface area contributed by atoms with Gasteiger partial charge in [-0.3, -0.25) is 34.2 Å². The van der Waals surface area contributed by atoms with Gasteiger partial charge >= 0.3 is 16.2 Å². The molecule has 5 aromatic rings. The van der Waals surface area contributed by atoms with Gasteiger partial charge in [0.15, 0.2) is 5.82 Å². The van der Waals surface area contributed by atoms with Crippen molar-refractivity contribution in [2.24, 2.45) is 0 Å². The molecule has 0 atom stereocenters. The second kappa shape index (κ2) is 17.5. The van der Waals surface area contributed by atoms with Crippen LogP contribution in [0.15, 0.2) is 67.3 Å². The van der Waals surface area contributed by atoms with Gasteiger partial charge in [-0.1, -0.05) is 19.1 Å². The molecule has 0 spiro atoms. The number of urea groups is 1. The van der Waals surface area contributed by atoms with Gasteiger partial charge in [0.05, 0.1) is 17.8 Å². The predicted octanol–water partition coefficient (Wildman–Crippen LogP) is 4.11. The number of rotatable bonds is 12. The lowest BCUT2D eigenvalue weighted by molar-refractivity contribution is -0.133. The molecule has 62 heavy (non-hydrogen) atoms. The van der Waals surface area contributed by atoms with E-state index in [1.165, 1.54) is 18.8 Å². The van der Waals surface area contributed by atoms with E-state index >= 15 is 8.78 Å². The summed E-state index contributed by atoms with van der Waals surface area (Å²) in [7, 11) is -2.86. The van der Waals surface area contributed by atoms with E-state index in [1.54, 1.807) is 36.5 Å². The lowest BCUT2D eigenvalue weighted by Crippen LogP contribution is -2.52. The molecular formula is C42H45F2N11O6S. The Kier molecular flexibility index (Phi) is 12.0. The third-order valence-corrected chi connectivity index (χ3v) is 13.3. The Morgan fingerprint density at radius 1 is 0.903 bits per heavy atom. The van der Waals surface area contributed by atoms with Crippen LogP contribution in [0.3, 0.4) is 0 Å². The summed E-state index contributed by atoms with van der Waals surface area (Å²) in [5, 5.41) is 2.64. The number of amides is 4. The van der Waals surface area contributed by atoms with Gasteiger partial charge in [-0.25, -0.2) is 28.5 Å². The molecular weight excluding hydrogens is 825 g/mol. The highest BCUT2D eigenvalue weighted by Crippen LogP contribution is 2.32. The summed E-state index contributed by atoms with van der Waals surface area (Å²) in [4.78, 5) is 74.7. The standard InChI is InChI=1S/C42H45F2N11O6S/c1-3-51(2)62(60,61)50-34-9-8-33(43)37(38(34)44)39(58)32-24-46-40-31(32)20-28(21-45-40)29-22-47-41(48-23-29)54-18-16-53(17-19-54)36(57)25-52-13-10-27(11-14-52)26-4-6-30(7-5-26)55-15-12-35(56)49-42(55)59/h4-9,20-24,27,50H,3,10-19,25H2,1-2H3,(H,45,46)(H,49,56,59). The fourth-order valence-corrected chi connectivity index (χ4v) is 8.88. The van der Waals surface area contributed by atoms with Gasteiger partial charge in [-0.2, -0.15) is 12.7 Å². The van der Waals surface area contributed by atoms with Gasteiger partial charge in [-0.15, -0.1) is 0 Å². The number of fused-ring (bicyclic) bond motifs is 1. The molecule has 3 saturated heterocycles. The number of aromatic nitrogens is 4. The molecule has 6 heterocycles. The van der Waals surface area contributed by atoms with Gasteiger partial charge < -0.3 is 14.8 Å². The van der Waals surface area contributed by atoms with Crippen molar-refractivity contribution < 1.29 is 36.4 Å². The molecule has 17 nitrogen and oxygen atoms in total. The summed E-state index contributed by atoms with van der Waals surface area (Å²) in [6, 6.07) is 10.9. The molecule has 3 aromatic heterocycles. The summed E-state index contributed by atoms with van der Waals surface area (Å²) in [5.74, 6) is -2.84. The van der Waals surface area contributed by atoms with E-state index in [0.717, 1.165) is 48.1 Å². The first-order chi connectivity index (χ1) is 29.8. The van der Waals surface area contributed by atoms with Crippen molar-refractivity contribution in [1.29, 1.82) is 0 Å². The number of aromatic amines is 1. The predicted molar refractivity (Wildman–Crippen MR) is 227 cm³/mol. The number of carbonyl (C=O) groups excluding carboxylic acids is 4. The molecule has 0 unspecified atom stereocenters. The topological polar surface area (TPSA) is 197 Å². The molecule has 20 heteroatoms. The summed E-state index contributed by atoms with van der Waals surface area (Å²) in [6.07, 6.45) is 8.20. The highest BCUT2D eigenvalue weighted by atomic mass is 32.2. The molecule has 0 bridgehead atoms. The van der Waals surface area contributed by atoms with Gasteiger partial charge in [0, 0.05) is 105 Å². The Morgan fingerprint density at radius 2 is 1.60 bits per heavy atom. The number of carbonyl (C=O) groups is 4. The number of hydrogen-bond acceptors (Lipinski definition) is 11. The molecule has 4 amide bonds. The third-order valence-electron chi connectivity index (χ3n) is 11.8. The minimum Gasteiger partial charge on any atom is -0.345 e. The zero-order chi connectivity index (χ0) is 43.7. The minimum absolute atomic E-state index is 0.0680. The molecule has 324 valence electrons. The van der Waals surface area contributed by atoms with E-state index in [0.29, 0.717) is 67.9 Å². The SMILES string of the molecule is CCN(C)S(=O)(=O)Nc1ccc(F)c(C(=O)c2c[nH]c3ncc(-c4cnc(N5CCN(C(=O)CN6CCC(c7ccc(N8CCC(=O)NC8=O)cc7)CC6)CC5)nc4)cc23)c1F. The third kappa shape index (κ3) is 8.70. The molecule has 0 saturated carbocycles. The molecule has 3 aliphatic heterocycles. The zero-order valence-corrected chi connectivity index (χ0v) is 34.9. The Hall–Kier alpha value is -6.38. The number of anilines is 3. The largest absolute Gasteiger partial charge is 0.345 e. The summed E-state index contributed by atoms with van der Waals surface area (Å²) >= 11 is 0. The van der Waals surface area contributed by atoms with Crippen LogP contribution < -0.4 is 19.8 Å². The quantitative estimate of drug-likeness (QED) is 0.153. The van der Waals surface area contributed by atoms with Crippen LogP contribution in [0.25, 0.3) is 22.2 Å². The van der Waals surface area contributed by atoms with E-state index in [1.807, 2.05) is 34.1 Å². The van der Waals surface area contributed by atoms with E-state index in [4.69, 9.17) is 0 Å². The van der Waals surface area contributed by atoms with Crippen LogP contribution in [0.2, 0.25) is 0 Å². The average Bonchev–Trinajstić information content (AvgIpc) is 3.71. The Bertz CT molecular complexity index is 2630. The monoisotopic (exact) mass is 869 g/mol. The van der Waals surface area contributed by atoms with E-state index in [2.05, 4.69) is 34.9 Å². The number of likely N-dealkylation sites (tertiary alicyclic amines) is 1. The Labute approximate surface area is 356 Å². The number of nitrogens with zero attached hydrogens (tertiary/aromatic N) is 8. The smallest absolute Gasteiger partial charge is 0.328 e. The molecule has 2 aromatic carbocycles. The number of nitrogens with one attached hydrogen (secondary N) is 3. The number of piperazine rings is 1. The Balaban J connectivity index is 0.846. The van der Waals surface area contributed by atoms with Crippen molar-refractivity contribution in [3.05, 3.63) is 95.6 Å². The number of benzene rings is 2. The minimum atomic E-state index is -4.15. The molecule has 3 N–H and O–H groups in total. The number of hydrogen-bond donors (Lipinski definition) is 3. The number of H-pyrrole nitrogens is 1. The normalized spacial score (nSPS) is 16.9. The molecule has 3 fully saturated rings. The van der Waals surface area contributed by atoms with E-state index in [9.17, 15) is 27.6 Å². The van der Waals surface area contributed by atoms with Crippen molar-refractivity contribution in [1.82, 2.24) is 39.4 Å². The van der Waals surface area contributed by atoms with Gasteiger partial charge in [0.2, 0.25) is 23.5 Å². The van der Waals surface area contributed by atoms with Gasteiger partial charge in [0.1, 0.15) is 11.5 Å².